The first-order chi connectivity index (χ1) is 37.6. The van der Waals surface area contributed by atoms with E-state index in [2.05, 4.69) is 20.8 Å². The number of esters is 1. The number of halogens is 1. The molecule has 6 rings (SSSR count). The van der Waals surface area contributed by atoms with Crippen LogP contribution < -0.4 is 20.4 Å². The van der Waals surface area contributed by atoms with Gasteiger partial charge in [-0.15, -0.1) is 5.06 Å². The molecule has 0 saturated carbocycles. The molecule has 1 aromatic heterocycles. The number of nitrogens with one attached hydrogen (secondary N) is 2. The van der Waals surface area contributed by atoms with Crippen LogP contribution in [0.15, 0.2) is 59.4 Å². The normalized spacial score (nSPS) is 26.0. The van der Waals surface area contributed by atoms with Crippen molar-refractivity contribution in [2.45, 2.75) is 160 Å². The molecule has 0 radical (unpaired) electrons. The molecular weight excluding hydrogens is 1100 g/mol. The van der Waals surface area contributed by atoms with Gasteiger partial charge in [0.05, 0.1) is 53.9 Å². The van der Waals surface area contributed by atoms with E-state index < -0.39 is 88.2 Å². The zero-order chi connectivity index (χ0) is 58.9. The number of rotatable bonds is 19. The lowest BCUT2D eigenvalue weighted by molar-refractivity contribution is -0.197. The Bertz CT molecular complexity index is 2760. The zero-order valence-electron chi connectivity index (χ0n) is 47.0. The molecule has 4 bridgehead atoms. The number of hydroxylamine groups is 2. The lowest BCUT2D eigenvalue weighted by Gasteiger charge is -2.42. The number of aryl methyl sites for hydroxylation is 1. The van der Waals surface area contributed by atoms with Crippen molar-refractivity contribution in [2.24, 2.45) is 11.0 Å². The van der Waals surface area contributed by atoms with Gasteiger partial charge in [0.1, 0.15) is 35.7 Å². The minimum absolute atomic E-state index is 0.0142. The van der Waals surface area contributed by atoms with Crippen LogP contribution in [-0.4, -0.2) is 153 Å². The number of pyridine rings is 1. The van der Waals surface area contributed by atoms with E-state index in [1.54, 1.807) is 52.1 Å². The van der Waals surface area contributed by atoms with Crippen LogP contribution in [0.5, 0.6) is 5.75 Å². The van der Waals surface area contributed by atoms with E-state index >= 15 is 0 Å². The summed E-state index contributed by atoms with van der Waals surface area (Å²) >= 11 is 6.84. The van der Waals surface area contributed by atoms with Crippen molar-refractivity contribution in [1.82, 2.24) is 25.7 Å². The number of hydrazone groups is 1. The number of fused-ring (bicyclic) bond motifs is 5. The number of carbonyl (C=O) groups is 8. The highest BCUT2D eigenvalue weighted by Gasteiger charge is 2.64. The molecule has 25 heteroatoms. The number of epoxide rings is 1. The third kappa shape index (κ3) is 16.3. The van der Waals surface area contributed by atoms with Crippen molar-refractivity contribution in [3.05, 3.63) is 76.1 Å². The summed E-state index contributed by atoms with van der Waals surface area (Å²) in [7, 11) is 7.33. The molecule has 0 unspecified atom stereocenters. The molecular formula is C55H72ClN7O15S2. The van der Waals surface area contributed by atoms with E-state index in [4.69, 9.17) is 40.1 Å². The number of aromatic nitrogens is 1. The Hall–Kier alpha value is -6.05. The number of likely N-dealkylation sites (N-methyl/N-ethyl adjacent to an activating group) is 1. The van der Waals surface area contributed by atoms with Gasteiger partial charge in [-0.25, -0.2) is 19.8 Å². The fourth-order valence-electron chi connectivity index (χ4n) is 9.31. The highest BCUT2D eigenvalue weighted by atomic mass is 35.5. The van der Waals surface area contributed by atoms with Gasteiger partial charge in [0, 0.05) is 69.7 Å². The van der Waals surface area contributed by atoms with Gasteiger partial charge in [-0.2, -0.15) is 5.10 Å². The largest absolute Gasteiger partial charge is 0.492 e. The van der Waals surface area contributed by atoms with Crippen LogP contribution >= 0.6 is 33.2 Å². The van der Waals surface area contributed by atoms with E-state index in [1.807, 2.05) is 45.9 Å². The molecule has 0 aliphatic carbocycles. The molecule has 436 valence electrons. The fraction of sp³-hybridized carbons (Fsp3) is 0.564. The molecule has 2 aromatic rings. The van der Waals surface area contributed by atoms with Gasteiger partial charge in [-0.05, 0) is 90.6 Å². The number of allylic oxidation sites excluding steroid dienone is 3. The van der Waals surface area contributed by atoms with Gasteiger partial charge < -0.3 is 43.4 Å². The van der Waals surface area contributed by atoms with Crippen molar-refractivity contribution in [1.29, 1.82) is 0 Å². The van der Waals surface area contributed by atoms with Crippen LogP contribution in [-0.2, 0) is 63.8 Å². The lowest BCUT2D eigenvalue weighted by atomic mass is 9.83. The Morgan fingerprint density at radius 3 is 2.49 bits per heavy atom. The van der Waals surface area contributed by atoms with E-state index in [0.717, 1.165) is 16.7 Å². The Kier molecular flexibility index (Phi) is 21.4. The monoisotopic (exact) mass is 1170 g/mol. The number of imide groups is 1. The summed E-state index contributed by atoms with van der Waals surface area (Å²) < 4.78 is 29.0. The first-order valence-corrected chi connectivity index (χ1v) is 28.9. The summed E-state index contributed by atoms with van der Waals surface area (Å²) in [6, 6.07) is 6.01. The number of aliphatic hydroxyl groups is 1. The molecule has 22 nitrogen and oxygen atoms in total. The summed E-state index contributed by atoms with van der Waals surface area (Å²) in [6.07, 6.45) is 2.58. The molecule has 80 heavy (non-hydrogen) atoms. The van der Waals surface area contributed by atoms with Crippen LogP contribution in [0, 0.1) is 12.8 Å². The van der Waals surface area contributed by atoms with Crippen molar-refractivity contribution >= 4 is 92.2 Å². The molecule has 3 fully saturated rings. The molecule has 6 amide bonds. The summed E-state index contributed by atoms with van der Waals surface area (Å²) in [6.45, 7) is 14.4. The van der Waals surface area contributed by atoms with E-state index in [0.29, 0.717) is 45.1 Å². The number of benzene rings is 1. The number of ether oxygens (including phenoxy) is 5. The van der Waals surface area contributed by atoms with Gasteiger partial charge in [0.25, 0.3) is 11.8 Å². The lowest BCUT2D eigenvalue weighted by Crippen LogP contribution is -2.63. The average Bonchev–Trinajstić information content (AvgIpc) is 4.01. The topological polar surface area (TPSA) is 274 Å². The number of anilines is 1. The molecule has 1 aromatic carbocycles. The number of methoxy groups -OCH3 is 1. The Labute approximate surface area is 478 Å². The van der Waals surface area contributed by atoms with E-state index in [-0.39, 0.29) is 69.8 Å². The molecule has 4 aliphatic rings. The van der Waals surface area contributed by atoms with Crippen LogP contribution in [0.4, 0.5) is 10.5 Å². The third-order valence-electron chi connectivity index (χ3n) is 14.2. The van der Waals surface area contributed by atoms with Crippen LogP contribution in [0.1, 0.15) is 117 Å². The molecule has 3 saturated heterocycles. The third-order valence-corrected chi connectivity index (χ3v) is 18.0. The zero-order valence-corrected chi connectivity index (χ0v) is 49.3. The maximum Gasteiger partial charge on any atom is 0.409 e. The molecule has 4 aliphatic heterocycles. The van der Waals surface area contributed by atoms with Gasteiger partial charge in [-0.3, -0.25) is 34.3 Å². The first-order valence-electron chi connectivity index (χ1n) is 26.2. The SMILES string of the molecule is CO[C@@H]1/C=C/C=C(\C)Cc2cc(C)c(Cl)c(c2)N(C)C(=O)C[C@H](OC(=O)[C@H](C)N(C)C(=O)CCSSC(C)(C)CC(=O)N/N=C(/C)c2ccc(OCCCC(=O)ON3C(=O)CCC3=O)cn2)[C@]2(C)O[C@H]2[C@H](C)[C@@H]2C[C@@]1(O)NC(=O)O2. The van der Waals surface area contributed by atoms with Crippen molar-refractivity contribution < 1.29 is 72.0 Å². The van der Waals surface area contributed by atoms with Crippen LogP contribution in [0.25, 0.3) is 0 Å². The van der Waals surface area contributed by atoms with Crippen molar-refractivity contribution in [3.63, 3.8) is 0 Å². The maximum atomic E-state index is 14.3. The minimum atomic E-state index is -1.86. The smallest absolute Gasteiger partial charge is 0.409 e. The maximum absolute atomic E-state index is 14.3. The molecule has 8 atom stereocenters. The second-order valence-electron chi connectivity index (χ2n) is 21.2. The summed E-state index contributed by atoms with van der Waals surface area (Å²) in [5.74, 6) is -3.51. The number of carbonyl (C=O) groups excluding carboxylic acids is 8. The Morgan fingerprint density at radius 2 is 1.81 bits per heavy atom. The fourth-order valence-corrected chi connectivity index (χ4v) is 12.0. The average molecular weight is 1170 g/mol. The molecule has 3 N–H and O–H groups in total. The second kappa shape index (κ2) is 27.1. The van der Waals surface area contributed by atoms with E-state index in [1.165, 1.54) is 58.7 Å². The van der Waals surface area contributed by atoms with Gasteiger partial charge in [-0.1, -0.05) is 70.0 Å². The Balaban J connectivity index is 1.01. The summed E-state index contributed by atoms with van der Waals surface area (Å²) in [5.41, 5.74) is 3.38. The quantitative estimate of drug-likeness (QED) is 0.0259. The van der Waals surface area contributed by atoms with Crippen molar-refractivity contribution in [3.8, 4) is 5.75 Å². The second-order valence-corrected chi connectivity index (χ2v) is 24.7. The number of alkyl carbamates (subject to hydrolysis) is 1. The van der Waals surface area contributed by atoms with Crippen molar-refractivity contribution in [2.75, 3.05) is 38.5 Å². The minimum Gasteiger partial charge on any atom is -0.492 e. The highest BCUT2D eigenvalue weighted by Crippen LogP contribution is 2.49. The number of amides is 6. The van der Waals surface area contributed by atoms with Crippen LogP contribution in [0.2, 0.25) is 5.02 Å². The number of hydrogen-bond donors (Lipinski definition) is 3. The molecule has 0 spiro atoms. The van der Waals surface area contributed by atoms with Crippen LogP contribution in [0.3, 0.4) is 0 Å². The first kappa shape index (κ1) is 63.1. The highest BCUT2D eigenvalue weighted by molar-refractivity contribution is 8.77. The number of nitrogens with zero attached hydrogens (tertiary/aromatic N) is 5. The van der Waals surface area contributed by atoms with Gasteiger partial charge >= 0.3 is 18.0 Å². The van der Waals surface area contributed by atoms with Gasteiger partial charge in [0.2, 0.25) is 17.7 Å². The predicted octanol–water partition coefficient (Wildman–Crippen LogP) is 6.46. The van der Waals surface area contributed by atoms with E-state index in [9.17, 15) is 43.5 Å². The predicted molar refractivity (Wildman–Crippen MR) is 299 cm³/mol. The number of hydrogen-bond acceptors (Lipinski definition) is 19. The Morgan fingerprint density at radius 1 is 1.10 bits per heavy atom. The summed E-state index contributed by atoms with van der Waals surface area (Å²) in [5, 5.41) is 19.5. The molecule has 5 heterocycles. The summed E-state index contributed by atoms with van der Waals surface area (Å²) in [4.78, 5) is 115. The standard InChI is InChI=1S/C55H72ClN7O15S2/c1-31-14-12-15-41(73-11)55(72)28-40(75-52(71)58-55)33(3)50-54(8,77-50)42(27-47(68)62(10)39-26-36(24-31)25-32(2)49(39)56)76-51(70)35(5)61(9)44(65)21-23-79-80-53(6,7)29-43(64)60-59-34(4)38-18-17-37(30-57-38)74-22-13-16-48(69)78-63-45(66)19-20-46(63)67/h12,14-15,17-18,25-26,30,33,35,40-42,50,72H,13,16,19-24,27-29H2,1-11H3,(H,58,71)(H,60,64)/b15-12+,31-14+,59-34-/t33-,35+,40+,41-,42+,50+,54+,55+/m1/s1. The van der Waals surface area contributed by atoms with Gasteiger partial charge in [0.15, 0.2) is 5.72 Å².